The molecule has 2 saturated heterocycles. The summed E-state index contributed by atoms with van der Waals surface area (Å²) in [7, 11) is 0. The maximum Gasteiger partial charge on any atom is 0.407 e. The van der Waals surface area contributed by atoms with Gasteiger partial charge in [-0.25, -0.2) is 4.79 Å². The van der Waals surface area contributed by atoms with Crippen molar-refractivity contribution in [3.05, 3.63) is 59.7 Å². The van der Waals surface area contributed by atoms with Crippen LogP contribution in [0.1, 0.15) is 43.2 Å². The minimum Gasteiger partial charge on any atom is -0.481 e. The normalized spacial score (nSPS) is 24.9. The van der Waals surface area contributed by atoms with Crippen LogP contribution < -0.4 is 10.6 Å². The first kappa shape index (κ1) is 22.9. The fourth-order valence-corrected chi connectivity index (χ4v) is 5.75. The molecule has 2 aromatic rings. The molecule has 5 rings (SSSR count). The zero-order valence-corrected chi connectivity index (χ0v) is 19.3. The van der Waals surface area contributed by atoms with Gasteiger partial charge in [0.05, 0.1) is 12.5 Å². The molecule has 3 N–H and O–H groups in total. The Labute approximate surface area is 202 Å². The van der Waals surface area contributed by atoms with Gasteiger partial charge in [0, 0.05) is 18.9 Å². The lowest BCUT2D eigenvalue weighted by Crippen LogP contribution is -2.68. The molecular formula is C26H27N3O6. The molecule has 0 bridgehead atoms. The van der Waals surface area contributed by atoms with Gasteiger partial charge in [0.2, 0.25) is 11.8 Å². The number of hydrogen-bond donors (Lipinski definition) is 3. The summed E-state index contributed by atoms with van der Waals surface area (Å²) in [6, 6.07) is 14.5. The highest BCUT2D eigenvalue weighted by Crippen LogP contribution is 2.44. The first-order valence-electron chi connectivity index (χ1n) is 11.8. The average Bonchev–Trinajstić information content (AvgIpc) is 3.38. The fraction of sp³-hybridized carbons (Fsp3) is 0.385. The van der Waals surface area contributed by atoms with Gasteiger partial charge >= 0.3 is 12.1 Å². The second-order valence-corrected chi connectivity index (χ2v) is 9.33. The first-order chi connectivity index (χ1) is 16.8. The lowest BCUT2D eigenvalue weighted by atomic mass is 9.87. The highest BCUT2D eigenvalue weighted by atomic mass is 16.5. The monoisotopic (exact) mass is 477 g/mol. The zero-order valence-electron chi connectivity index (χ0n) is 19.3. The van der Waals surface area contributed by atoms with Crippen molar-refractivity contribution in [2.75, 3.05) is 13.2 Å². The third-order valence-corrected chi connectivity index (χ3v) is 7.43. The molecular weight excluding hydrogens is 450 g/mol. The van der Waals surface area contributed by atoms with Crippen LogP contribution >= 0.6 is 0 Å². The highest BCUT2D eigenvalue weighted by Gasteiger charge is 2.57. The van der Waals surface area contributed by atoms with E-state index in [2.05, 4.69) is 22.8 Å². The summed E-state index contributed by atoms with van der Waals surface area (Å²) >= 11 is 0. The van der Waals surface area contributed by atoms with Crippen LogP contribution in [0.3, 0.4) is 0 Å². The van der Waals surface area contributed by atoms with Gasteiger partial charge in [0.1, 0.15) is 18.2 Å². The molecule has 1 aliphatic carbocycles. The van der Waals surface area contributed by atoms with Crippen molar-refractivity contribution in [1.82, 2.24) is 15.5 Å². The Morgan fingerprint density at radius 2 is 1.74 bits per heavy atom. The van der Waals surface area contributed by atoms with Crippen molar-refractivity contribution in [3.8, 4) is 11.1 Å². The third-order valence-electron chi connectivity index (χ3n) is 7.43. The van der Waals surface area contributed by atoms with E-state index in [0.717, 1.165) is 22.3 Å². The number of carboxylic acid groups (broad SMARTS) is 1. The summed E-state index contributed by atoms with van der Waals surface area (Å²) in [5, 5.41) is 14.5. The highest BCUT2D eigenvalue weighted by molar-refractivity contribution is 6.01. The number of piperazine rings is 1. The van der Waals surface area contributed by atoms with Crippen molar-refractivity contribution < 1.29 is 29.0 Å². The number of aliphatic carboxylic acids is 1. The summed E-state index contributed by atoms with van der Waals surface area (Å²) in [5.74, 6) is -2.07. The molecule has 0 radical (unpaired) electrons. The third kappa shape index (κ3) is 3.80. The molecule has 3 amide bonds. The summed E-state index contributed by atoms with van der Waals surface area (Å²) in [4.78, 5) is 51.1. The summed E-state index contributed by atoms with van der Waals surface area (Å²) < 4.78 is 5.62. The Morgan fingerprint density at radius 3 is 2.34 bits per heavy atom. The smallest absolute Gasteiger partial charge is 0.407 e. The van der Waals surface area contributed by atoms with Crippen LogP contribution in [0.15, 0.2) is 48.5 Å². The quantitative estimate of drug-likeness (QED) is 0.586. The molecule has 2 fully saturated rings. The number of carboxylic acids is 1. The Kier molecular flexibility index (Phi) is 5.70. The molecule has 3 atom stereocenters. The van der Waals surface area contributed by atoms with Crippen molar-refractivity contribution >= 4 is 23.9 Å². The van der Waals surface area contributed by atoms with Crippen LogP contribution in [-0.2, 0) is 19.1 Å². The number of alkyl carbamates (subject to hydrolysis) is 1. The van der Waals surface area contributed by atoms with Gasteiger partial charge in [0.25, 0.3) is 0 Å². The molecule has 0 spiro atoms. The van der Waals surface area contributed by atoms with Crippen LogP contribution in [0, 0.1) is 0 Å². The van der Waals surface area contributed by atoms with Crippen LogP contribution in [0.4, 0.5) is 4.79 Å². The maximum absolute atomic E-state index is 12.9. The first-order valence-corrected chi connectivity index (χ1v) is 11.8. The van der Waals surface area contributed by atoms with Gasteiger partial charge in [-0.3, -0.25) is 14.4 Å². The van der Waals surface area contributed by atoms with Crippen LogP contribution in [-0.4, -0.2) is 64.7 Å². The summed E-state index contributed by atoms with van der Waals surface area (Å²) in [6.07, 6.45) is -0.498. The van der Waals surface area contributed by atoms with E-state index >= 15 is 0 Å². The number of rotatable bonds is 6. The van der Waals surface area contributed by atoms with E-state index in [0.29, 0.717) is 6.42 Å². The second-order valence-electron chi connectivity index (χ2n) is 9.33. The molecule has 35 heavy (non-hydrogen) atoms. The van der Waals surface area contributed by atoms with E-state index in [1.54, 1.807) is 6.92 Å². The van der Waals surface area contributed by atoms with Crippen LogP contribution in [0.25, 0.3) is 11.1 Å². The number of fused-ring (bicyclic) bond motifs is 4. The molecule has 9 nitrogen and oxygen atoms in total. The second kappa shape index (κ2) is 8.72. The van der Waals surface area contributed by atoms with E-state index < -0.39 is 42.0 Å². The number of nitrogens with one attached hydrogen (secondary N) is 2. The molecule has 2 aromatic carbocycles. The molecule has 0 saturated carbocycles. The number of nitrogens with zero attached hydrogens (tertiary/aromatic N) is 1. The molecule has 2 aliphatic heterocycles. The SMILES string of the molecule is CC[C@@]12C[C@H](NC(=O)OCC3c4ccccc4-c4ccccc43)CN1C(=O)[C@H](CC(=O)O)NC2=O. The Hall–Kier alpha value is -3.88. The molecule has 0 unspecified atom stereocenters. The maximum atomic E-state index is 12.9. The Balaban J connectivity index is 1.26. The van der Waals surface area contributed by atoms with Gasteiger partial charge in [-0.1, -0.05) is 55.5 Å². The average molecular weight is 478 g/mol. The Bertz CT molecular complexity index is 1170. The molecule has 3 aliphatic rings. The van der Waals surface area contributed by atoms with Gasteiger partial charge < -0.3 is 25.4 Å². The van der Waals surface area contributed by atoms with Crippen molar-refractivity contribution in [2.24, 2.45) is 0 Å². The standard InChI is InChI=1S/C26H27N3O6/c1-2-26-12-15(13-29(26)23(32)21(11-22(30)31)28-24(26)33)27-25(34)35-14-20-18-9-5-3-7-16(18)17-8-4-6-10-19(17)20/h3-10,15,20-21H,2,11-14H2,1H3,(H,27,34)(H,28,33)(H,30,31)/t15-,21-,26-/m0/s1. The van der Waals surface area contributed by atoms with E-state index in [1.807, 2.05) is 36.4 Å². The van der Waals surface area contributed by atoms with E-state index in [-0.39, 0.29) is 31.4 Å². The summed E-state index contributed by atoms with van der Waals surface area (Å²) in [5.41, 5.74) is 3.38. The van der Waals surface area contributed by atoms with Crippen LogP contribution in [0.5, 0.6) is 0 Å². The number of hydrogen-bond acceptors (Lipinski definition) is 5. The zero-order chi connectivity index (χ0) is 24.7. The van der Waals surface area contributed by atoms with E-state index in [9.17, 15) is 19.2 Å². The van der Waals surface area contributed by atoms with Crippen molar-refractivity contribution in [3.63, 3.8) is 0 Å². The molecule has 2 heterocycles. The minimum absolute atomic E-state index is 0.0748. The van der Waals surface area contributed by atoms with Gasteiger partial charge in [0.15, 0.2) is 0 Å². The van der Waals surface area contributed by atoms with Crippen molar-refractivity contribution in [1.29, 1.82) is 0 Å². The number of carbonyl (C=O) groups is 4. The van der Waals surface area contributed by atoms with Gasteiger partial charge in [-0.2, -0.15) is 0 Å². The summed E-state index contributed by atoms with van der Waals surface area (Å²) in [6.45, 7) is 2.09. The predicted octanol–water partition coefficient (Wildman–Crippen LogP) is 2.25. The Morgan fingerprint density at radius 1 is 1.11 bits per heavy atom. The van der Waals surface area contributed by atoms with Gasteiger partial charge in [-0.15, -0.1) is 0 Å². The molecule has 182 valence electrons. The fourth-order valence-electron chi connectivity index (χ4n) is 5.75. The minimum atomic E-state index is -1.17. The number of carbonyl (C=O) groups excluding carboxylic acids is 3. The largest absolute Gasteiger partial charge is 0.481 e. The van der Waals surface area contributed by atoms with E-state index in [4.69, 9.17) is 9.84 Å². The predicted molar refractivity (Wildman–Crippen MR) is 126 cm³/mol. The lowest BCUT2D eigenvalue weighted by molar-refractivity contribution is -0.156. The molecule has 0 aromatic heterocycles. The topological polar surface area (TPSA) is 125 Å². The number of ether oxygens (including phenoxy) is 1. The van der Waals surface area contributed by atoms with Crippen molar-refractivity contribution in [2.45, 2.75) is 49.7 Å². The van der Waals surface area contributed by atoms with Gasteiger partial charge in [-0.05, 0) is 28.7 Å². The molecule has 9 heteroatoms. The number of benzene rings is 2. The van der Waals surface area contributed by atoms with E-state index in [1.165, 1.54) is 4.90 Å². The lowest BCUT2D eigenvalue weighted by Gasteiger charge is -2.43. The number of amides is 3. The van der Waals surface area contributed by atoms with Crippen LogP contribution in [0.2, 0.25) is 0 Å².